The molecule has 2 aromatic rings. The lowest BCUT2D eigenvalue weighted by Crippen LogP contribution is -2.30. The number of carbonyl (C=O) groups is 1. The Hall–Kier alpha value is -3.09. The minimum Gasteiger partial charge on any atom is -0.466 e. The van der Waals surface area contributed by atoms with Gasteiger partial charge in [0, 0.05) is 11.4 Å². The zero-order valence-corrected chi connectivity index (χ0v) is 15.8. The Balaban J connectivity index is 2.00. The summed E-state index contributed by atoms with van der Waals surface area (Å²) in [5, 5.41) is 25.4. The molecule has 0 amide bonds. The molecular formula is C21H17N3O2S. The first kappa shape index (κ1) is 17.3. The van der Waals surface area contributed by atoms with Gasteiger partial charge in [0.05, 0.1) is 40.5 Å². The SMILES string of the molecule is COC(=O)C1=C(C2CC2)NC(C)=C(C#N)C1c1csc2c(C#N)cccc12. The largest absolute Gasteiger partial charge is 0.466 e. The van der Waals surface area contributed by atoms with Crippen molar-refractivity contribution in [3.05, 3.63) is 57.2 Å². The summed E-state index contributed by atoms with van der Waals surface area (Å²) in [6.07, 6.45) is 2.04. The van der Waals surface area contributed by atoms with E-state index in [1.54, 1.807) is 6.07 Å². The lowest BCUT2D eigenvalue weighted by Gasteiger charge is -2.29. The van der Waals surface area contributed by atoms with E-state index in [4.69, 9.17) is 4.74 Å². The fourth-order valence-electron chi connectivity index (χ4n) is 3.73. The average molecular weight is 375 g/mol. The van der Waals surface area contributed by atoms with E-state index < -0.39 is 11.9 Å². The van der Waals surface area contributed by atoms with Crippen LogP contribution in [0.2, 0.25) is 0 Å². The number of ether oxygens (including phenoxy) is 1. The van der Waals surface area contributed by atoms with Gasteiger partial charge in [0.1, 0.15) is 6.07 Å². The number of nitriles is 2. The van der Waals surface area contributed by atoms with Crippen LogP contribution in [0, 0.1) is 28.6 Å². The van der Waals surface area contributed by atoms with Crippen LogP contribution in [0.5, 0.6) is 0 Å². The standard InChI is InChI=1S/C21H17N3O2S/c1-11-15(9-23)17(18(21(25)26-2)19(24-11)12-6-7-12)16-10-27-20-13(8-22)4-3-5-14(16)20/h3-5,10,12,17,24H,6-7H2,1-2H3. The Labute approximate surface area is 161 Å². The molecule has 6 heteroatoms. The average Bonchev–Trinajstić information content (AvgIpc) is 3.45. The second-order valence-corrected chi connectivity index (χ2v) is 7.67. The van der Waals surface area contributed by atoms with Gasteiger partial charge < -0.3 is 10.1 Å². The number of nitrogens with zero attached hydrogens (tertiary/aromatic N) is 2. The molecule has 4 rings (SSSR count). The Kier molecular flexibility index (Phi) is 4.22. The summed E-state index contributed by atoms with van der Waals surface area (Å²) in [5.74, 6) is -0.594. The Morgan fingerprint density at radius 1 is 1.30 bits per heavy atom. The lowest BCUT2D eigenvalue weighted by molar-refractivity contribution is -0.136. The maximum atomic E-state index is 12.7. The number of nitrogens with one attached hydrogen (secondary N) is 1. The minimum absolute atomic E-state index is 0.302. The van der Waals surface area contributed by atoms with Crippen molar-refractivity contribution >= 4 is 27.4 Å². The summed E-state index contributed by atoms with van der Waals surface area (Å²) in [7, 11) is 1.37. The predicted molar refractivity (Wildman–Crippen MR) is 102 cm³/mol. The zero-order chi connectivity index (χ0) is 19.1. The molecule has 1 aromatic heterocycles. The molecule has 1 N–H and O–H groups in total. The number of benzene rings is 1. The summed E-state index contributed by atoms with van der Waals surface area (Å²) in [6.45, 7) is 1.87. The summed E-state index contributed by atoms with van der Waals surface area (Å²) in [4.78, 5) is 12.7. The van der Waals surface area contributed by atoms with Crippen molar-refractivity contribution in [1.29, 1.82) is 10.5 Å². The Bertz CT molecular complexity index is 1110. The van der Waals surface area contributed by atoms with Crippen LogP contribution in [0.15, 0.2) is 46.1 Å². The number of allylic oxidation sites excluding steroid dienone is 3. The second kappa shape index (κ2) is 6.57. The number of rotatable bonds is 3. The van der Waals surface area contributed by atoms with Gasteiger partial charge in [-0.15, -0.1) is 11.3 Å². The highest BCUT2D eigenvalue weighted by molar-refractivity contribution is 7.17. The third kappa shape index (κ3) is 2.70. The van der Waals surface area contributed by atoms with Crippen LogP contribution in [-0.4, -0.2) is 13.1 Å². The van der Waals surface area contributed by atoms with Gasteiger partial charge in [-0.05, 0) is 48.1 Å². The quantitative estimate of drug-likeness (QED) is 0.817. The first-order chi connectivity index (χ1) is 13.1. The van der Waals surface area contributed by atoms with Gasteiger partial charge in [-0.2, -0.15) is 10.5 Å². The molecular weight excluding hydrogens is 358 g/mol. The van der Waals surface area contributed by atoms with E-state index in [-0.39, 0.29) is 0 Å². The number of carbonyl (C=O) groups excluding carboxylic acids is 1. The third-order valence-corrected chi connectivity index (χ3v) is 6.21. The highest BCUT2D eigenvalue weighted by atomic mass is 32.1. The number of hydrogen-bond donors (Lipinski definition) is 1. The monoisotopic (exact) mass is 375 g/mol. The Morgan fingerprint density at radius 2 is 2.07 bits per heavy atom. The molecule has 1 fully saturated rings. The van der Waals surface area contributed by atoms with Crippen LogP contribution in [-0.2, 0) is 9.53 Å². The lowest BCUT2D eigenvalue weighted by atomic mass is 9.80. The molecule has 1 aliphatic carbocycles. The van der Waals surface area contributed by atoms with E-state index in [1.165, 1.54) is 18.4 Å². The van der Waals surface area contributed by atoms with Crippen LogP contribution in [0.3, 0.4) is 0 Å². The highest BCUT2D eigenvalue weighted by Gasteiger charge is 2.41. The second-order valence-electron chi connectivity index (χ2n) is 6.79. The predicted octanol–water partition coefficient (Wildman–Crippen LogP) is 4.09. The summed E-state index contributed by atoms with van der Waals surface area (Å²) in [5.41, 5.74) is 4.16. The molecule has 2 heterocycles. The van der Waals surface area contributed by atoms with Crippen LogP contribution < -0.4 is 5.32 Å². The fourth-order valence-corrected chi connectivity index (χ4v) is 4.79. The Morgan fingerprint density at radius 3 is 2.70 bits per heavy atom. The third-order valence-electron chi connectivity index (χ3n) is 5.17. The van der Waals surface area contributed by atoms with Gasteiger partial charge in [-0.1, -0.05) is 12.1 Å². The molecule has 1 saturated carbocycles. The smallest absolute Gasteiger partial charge is 0.336 e. The number of esters is 1. The highest BCUT2D eigenvalue weighted by Crippen LogP contribution is 2.48. The van der Waals surface area contributed by atoms with Crippen molar-refractivity contribution in [2.24, 2.45) is 5.92 Å². The molecule has 1 aromatic carbocycles. The summed E-state index contributed by atoms with van der Waals surface area (Å²) < 4.78 is 5.97. The molecule has 0 radical (unpaired) electrons. The summed E-state index contributed by atoms with van der Waals surface area (Å²) >= 11 is 1.47. The van der Waals surface area contributed by atoms with Crippen molar-refractivity contribution in [2.45, 2.75) is 25.7 Å². The van der Waals surface area contributed by atoms with Crippen LogP contribution in [0.4, 0.5) is 0 Å². The number of thiophene rings is 1. The van der Waals surface area contributed by atoms with Crippen LogP contribution in [0.1, 0.15) is 36.8 Å². The number of hydrogen-bond acceptors (Lipinski definition) is 6. The summed E-state index contributed by atoms with van der Waals surface area (Å²) in [6, 6.07) is 10.1. The first-order valence-corrected chi connectivity index (χ1v) is 9.59. The van der Waals surface area contributed by atoms with Gasteiger partial charge in [-0.25, -0.2) is 4.79 Å². The minimum atomic E-state index is -0.484. The number of fused-ring (bicyclic) bond motifs is 1. The number of methoxy groups -OCH3 is 1. The molecule has 0 spiro atoms. The fraction of sp³-hybridized carbons (Fsp3) is 0.286. The molecule has 1 unspecified atom stereocenters. The molecule has 27 heavy (non-hydrogen) atoms. The van der Waals surface area contributed by atoms with Gasteiger partial charge in [0.25, 0.3) is 0 Å². The molecule has 1 atom stereocenters. The molecule has 134 valence electrons. The van der Waals surface area contributed by atoms with E-state index in [1.807, 2.05) is 24.4 Å². The van der Waals surface area contributed by atoms with E-state index in [9.17, 15) is 15.3 Å². The van der Waals surface area contributed by atoms with Crippen LogP contribution >= 0.6 is 11.3 Å². The molecule has 1 aliphatic heterocycles. The zero-order valence-electron chi connectivity index (χ0n) is 15.0. The molecule has 5 nitrogen and oxygen atoms in total. The van der Waals surface area contributed by atoms with Crippen molar-refractivity contribution in [3.8, 4) is 12.1 Å². The normalized spacial score (nSPS) is 19.5. The maximum absolute atomic E-state index is 12.7. The topological polar surface area (TPSA) is 85.9 Å². The molecule has 0 bridgehead atoms. The number of dihydropyridines is 1. The van der Waals surface area contributed by atoms with Gasteiger partial charge in [0.15, 0.2) is 0 Å². The van der Waals surface area contributed by atoms with Crippen molar-refractivity contribution in [1.82, 2.24) is 5.32 Å². The van der Waals surface area contributed by atoms with Crippen molar-refractivity contribution in [2.75, 3.05) is 7.11 Å². The van der Waals surface area contributed by atoms with Crippen LogP contribution in [0.25, 0.3) is 10.1 Å². The molecule has 2 aliphatic rings. The van der Waals surface area contributed by atoms with Crippen molar-refractivity contribution in [3.63, 3.8) is 0 Å². The van der Waals surface area contributed by atoms with E-state index >= 15 is 0 Å². The van der Waals surface area contributed by atoms with Gasteiger partial charge in [0.2, 0.25) is 0 Å². The van der Waals surface area contributed by atoms with E-state index in [0.717, 1.165) is 39.9 Å². The van der Waals surface area contributed by atoms with Crippen molar-refractivity contribution < 1.29 is 9.53 Å². The van der Waals surface area contributed by atoms with E-state index in [2.05, 4.69) is 17.5 Å². The van der Waals surface area contributed by atoms with Gasteiger partial charge in [-0.3, -0.25) is 0 Å². The van der Waals surface area contributed by atoms with Gasteiger partial charge >= 0.3 is 5.97 Å². The molecule has 0 saturated heterocycles. The van der Waals surface area contributed by atoms with E-state index in [0.29, 0.717) is 22.6 Å². The first-order valence-electron chi connectivity index (χ1n) is 8.71. The maximum Gasteiger partial charge on any atom is 0.336 e.